The Hall–Kier alpha value is -3.84. The van der Waals surface area contributed by atoms with Gasteiger partial charge in [0.2, 0.25) is 0 Å². The van der Waals surface area contributed by atoms with Crippen molar-refractivity contribution in [3.63, 3.8) is 0 Å². The van der Waals surface area contributed by atoms with Crippen LogP contribution in [0.15, 0.2) is 78.9 Å². The van der Waals surface area contributed by atoms with Crippen LogP contribution in [-0.2, 0) is 0 Å². The van der Waals surface area contributed by atoms with Crippen molar-refractivity contribution in [2.75, 3.05) is 0 Å². The smallest absolute Gasteiger partial charge is 0.269 e. The van der Waals surface area contributed by atoms with Gasteiger partial charge in [-0.25, -0.2) is 9.37 Å². The monoisotopic (exact) mass is 429 g/mol. The summed E-state index contributed by atoms with van der Waals surface area (Å²) < 4.78 is 16.4. The minimum Gasteiger partial charge on any atom is -0.314 e. The van der Waals surface area contributed by atoms with Crippen LogP contribution in [0.2, 0.25) is 0 Å². The molecule has 5 nitrogen and oxygen atoms in total. The van der Waals surface area contributed by atoms with E-state index < -0.39 is 4.92 Å². The number of non-ortho nitro benzene ring substituents is 1. The zero-order valence-corrected chi connectivity index (χ0v) is 17.3. The predicted molar refractivity (Wildman–Crippen MR) is 121 cm³/mol. The highest BCUT2D eigenvalue weighted by molar-refractivity contribution is 7.21. The number of nitro benzene ring substituents is 1. The Bertz CT molecular complexity index is 1420. The molecular weight excluding hydrogens is 413 g/mol. The van der Waals surface area contributed by atoms with Gasteiger partial charge in [-0.1, -0.05) is 0 Å². The lowest BCUT2D eigenvalue weighted by Crippen LogP contribution is -1.99. The SMILES string of the molecule is Cc1ccc(-c2ccc([N+](=O)[O-])cc2)n1-c1ccc(-c2nc3ccc(F)cc3s2)cc1. The van der Waals surface area contributed by atoms with E-state index in [2.05, 4.69) is 9.55 Å². The molecule has 0 aliphatic heterocycles. The Kier molecular flexibility index (Phi) is 4.60. The lowest BCUT2D eigenvalue weighted by Gasteiger charge is -2.12. The molecule has 0 saturated heterocycles. The van der Waals surface area contributed by atoms with E-state index in [1.807, 2.05) is 43.3 Å². The normalized spacial score (nSPS) is 11.2. The molecule has 2 heterocycles. The predicted octanol–water partition coefficient (Wildman–Crippen LogP) is 6.78. The molecular formula is C24H16FN3O2S. The van der Waals surface area contributed by atoms with E-state index >= 15 is 0 Å². The van der Waals surface area contributed by atoms with Crippen molar-refractivity contribution in [3.8, 4) is 27.5 Å². The molecule has 7 heteroatoms. The third kappa shape index (κ3) is 3.49. The van der Waals surface area contributed by atoms with Crippen LogP contribution in [0.1, 0.15) is 5.69 Å². The van der Waals surface area contributed by atoms with Crippen LogP contribution in [0, 0.1) is 22.9 Å². The largest absolute Gasteiger partial charge is 0.314 e. The van der Waals surface area contributed by atoms with Gasteiger partial charge >= 0.3 is 0 Å². The fourth-order valence-electron chi connectivity index (χ4n) is 3.64. The molecule has 5 aromatic rings. The molecule has 0 aliphatic carbocycles. The number of aromatic nitrogens is 2. The minimum atomic E-state index is -0.400. The van der Waals surface area contributed by atoms with Crippen LogP contribution in [0.25, 0.3) is 37.7 Å². The first kappa shape index (κ1) is 19.1. The summed E-state index contributed by atoms with van der Waals surface area (Å²) in [6, 6.07) is 23.2. The zero-order chi connectivity index (χ0) is 21.5. The molecule has 0 radical (unpaired) electrons. The summed E-state index contributed by atoms with van der Waals surface area (Å²) in [6.45, 7) is 2.02. The maximum atomic E-state index is 13.5. The first-order valence-corrected chi connectivity index (χ1v) is 10.4. The number of benzene rings is 3. The van der Waals surface area contributed by atoms with Crippen molar-refractivity contribution in [3.05, 3.63) is 100 Å². The number of fused-ring (bicyclic) bond motifs is 1. The molecule has 3 aromatic carbocycles. The topological polar surface area (TPSA) is 61.0 Å². The third-order valence-electron chi connectivity index (χ3n) is 5.17. The summed E-state index contributed by atoms with van der Waals surface area (Å²) in [5.74, 6) is -0.264. The van der Waals surface area contributed by atoms with Gasteiger partial charge < -0.3 is 4.57 Å². The van der Waals surface area contributed by atoms with Crippen molar-refractivity contribution < 1.29 is 9.31 Å². The molecule has 0 unspecified atom stereocenters. The van der Waals surface area contributed by atoms with Crippen LogP contribution in [-0.4, -0.2) is 14.5 Å². The fourth-order valence-corrected chi connectivity index (χ4v) is 4.63. The van der Waals surface area contributed by atoms with Crippen molar-refractivity contribution in [1.29, 1.82) is 0 Å². The molecule has 0 bridgehead atoms. The quantitative estimate of drug-likeness (QED) is 0.234. The third-order valence-corrected chi connectivity index (χ3v) is 6.24. The molecule has 0 fully saturated rings. The summed E-state index contributed by atoms with van der Waals surface area (Å²) in [7, 11) is 0. The van der Waals surface area contributed by atoms with E-state index in [4.69, 9.17) is 0 Å². The summed E-state index contributed by atoms with van der Waals surface area (Å²) in [5, 5.41) is 11.8. The summed E-state index contributed by atoms with van der Waals surface area (Å²) in [6.07, 6.45) is 0. The molecule has 2 aromatic heterocycles. The second-order valence-corrected chi connectivity index (χ2v) is 8.21. The van der Waals surface area contributed by atoms with Crippen LogP contribution in [0.4, 0.5) is 10.1 Å². The standard InChI is InChI=1S/C24H16FN3O2S/c1-15-2-13-22(16-3-10-20(11-4-16)28(29)30)27(15)19-8-5-17(6-9-19)24-26-21-12-7-18(25)14-23(21)31-24/h2-14H,1H3. The van der Waals surface area contributed by atoms with Crippen molar-refractivity contribution in [2.24, 2.45) is 0 Å². The molecule has 152 valence electrons. The highest BCUT2D eigenvalue weighted by atomic mass is 32.1. The van der Waals surface area contributed by atoms with E-state index in [0.29, 0.717) is 0 Å². The average Bonchev–Trinajstić information content (AvgIpc) is 3.37. The molecule has 0 N–H and O–H groups in total. The van der Waals surface area contributed by atoms with E-state index in [1.54, 1.807) is 18.2 Å². The number of hydrogen-bond donors (Lipinski definition) is 0. The Morgan fingerprint density at radius 3 is 2.35 bits per heavy atom. The first-order valence-electron chi connectivity index (χ1n) is 9.60. The van der Waals surface area contributed by atoms with Gasteiger partial charge in [0, 0.05) is 29.1 Å². The Morgan fingerprint density at radius 1 is 0.935 bits per heavy atom. The van der Waals surface area contributed by atoms with Gasteiger partial charge in [0.1, 0.15) is 10.8 Å². The van der Waals surface area contributed by atoms with Crippen LogP contribution < -0.4 is 0 Å². The van der Waals surface area contributed by atoms with Gasteiger partial charge in [-0.15, -0.1) is 11.3 Å². The van der Waals surface area contributed by atoms with Crippen molar-refractivity contribution >= 4 is 27.2 Å². The second kappa shape index (κ2) is 7.45. The number of aryl methyl sites for hydroxylation is 1. The van der Waals surface area contributed by atoms with E-state index in [9.17, 15) is 14.5 Å². The lowest BCUT2D eigenvalue weighted by atomic mass is 10.1. The number of rotatable bonds is 4. The van der Waals surface area contributed by atoms with E-state index in [1.165, 1.54) is 35.6 Å². The van der Waals surface area contributed by atoms with Crippen molar-refractivity contribution in [1.82, 2.24) is 9.55 Å². The molecule has 31 heavy (non-hydrogen) atoms. The highest BCUT2D eigenvalue weighted by Crippen LogP contribution is 2.32. The Morgan fingerprint density at radius 2 is 1.65 bits per heavy atom. The maximum Gasteiger partial charge on any atom is 0.269 e. The van der Waals surface area contributed by atoms with Crippen LogP contribution >= 0.6 is 11.3 Å². The average molecular weight is 429 g/mol. The lowest BCUT2D eigenvalue weighted by molar-refractivity contribution is -0.384. The number of nitrogens with zero attached hydrogens (tertiary/aromatic N) is 3. The van der Waals surface area contributed by atoms with Crippen LogP contribution in [0.5, 0.6) is 0 Å². The van der Waals surface area contributed by atoms with E-state index in [-0.39, 0.29) is 11.5 Å². The van der Waals surface area contributed by atoms with Gasteiger partial charge in [0.25, 0.3) is 5.69 Å². The molecule has 0 aliphatic rings. The first-order chi connectivity index (χ1) is 15.0. The minimum absolute atomic E-state index is 0.0682. The van der Waals surface area contributed by atoms with E-state index in [0.717, 1.165) is 43.4 Å². The van der Waals surface area contributed by atoms with Gasteiger partial charge in [0.05, 0.1) is 20.8 Å². The van der Waals surface area contributed by atoms with Crippen molar-refractivity contribution in [2.45, 2.75) is 6.92 Å². The summed E-state index contributed by atoms with van der Waals surface area (Å²) in [5.41, 5.74) is 5.70. The highest BCUT2D eigenvalue weighted by Gasteiger charge is 2.13. The van der Waals surface area contributed by atoms with Gasteiger partial charge in [-0.2, -0.15) is 0 Å². The van der Waals surface area contributed by atoms with Gasteiger partial charge in [0.15, 0.2) is 0 Å². The Balaban J connectivity index is 1.51. The molecule has 0 atom stereocenters. The second-order valence-electron chi connectivity index (χ2n) is 7.18. The molecule has 0 spiro atoms. The molecule has 5 rings (SSSR count). The number of halogens is 1. The van der Waals surface area contributed by atoms with Gasteiger partial charge in [-0.05, 0) is 79.2 Å². The number of nitro groups is 1. The number of thiazole rings is 1. The summed E-state index contributed by atoms with van der Waals surface area (Å²) >= 11 is 1.46. The van der Waals surface area contributed by atoms with Gasteiger partial charge in [-0.3, -0.25) is 10.1 Å². The van der Waals surface area contributed by atoms with Crippen LogP contribution in [0.3, 0.4) is 0 Å². The number of hydrogen-bond acceptors (Lipinski definition) is 4. The molecule has 0 saturated carbocycles. The Labute approximate surface area is 181 Å². The fraction of sp³-hybridized carbons (Fsp3) is 0.0417. The maximum absolute atomic E-state index is 13.5. The zero-order valence-electron chi connectivity index (χ0n) is 16.4. The molecule has 0 amide bonds. The summed E-state index contributed by atoms with van der Waals surface area (Å²) in [4.78, 5) is 15.2.